The summed E-state index contributed by atoms with van der Waals surface area (Å²) in [7, 11) is 2.28. The molecule has 0 atom stereocenters. The van der Waals surface area contributed by atoms with E-state index < -0.39 is 29.8 Å². The lowest BCUT2D eigenvalue weighted by atomic mass is 10.0. The summed E-state index contributed by atoms with van der Waals surface area (Å²) >= 11 is 0. The van der Waals surface area contributed by atoms with E-state index in [2.05, 4.69) is 15.1 Å². The number of para-hydroxylation sites is 2. The van der Waals surface area contributed by atoms with Crippen molar-refractivity contribution in [3.8, 4) is 28.7 Å². The summed E-state index contributed by atoms with van der Waals surface area (Å²) in [5.41, 5.74) is -1.06. The second-order valence-electron chi connectivity index (χ2n) is 7.12. The standard InChI is InChI=1S/C24H17F3N4O5/c1-34-21(32)18-19(30-31(20(18)22(33)35-2)14-8-4-3-5-9-14)15-10-6-7-11-16(15)36-23-28-13-12-17(29-23)24(25,26)27/h3-13H,1-2H3. The highest BCUT2D eigenvalue weighted by atomic mass is 19.4. The molecule has 0 amide bonds. The van der Waals surface area contributed by atoms with E-state index in [1.165, 1.54) is 16.8 Å². The molecule has 2 heterocycles. The number of benzene rings is 2. The number of hydrogen-bond acceptors (Lipinski definition) is 8. The van der Waals surface area contributed by atoms with Crippen molar-refractivity contribution in [2.24, 2.45) is 0 Å². The number of carbonyl (C=O) groups excluding carboxylic acids is 2. The van der Waals surface area contributed by atoms with Gasteiger partial charge in [0.05, 0.1) is 19.9 Å². The first kappa shape index (κ1) is 24.4. The molecule has 0 saturated carbocycles. The van der Waals surface area contributed by atoms with Gasteiger partial charge in [0.15, 0.2) is 11.4 Å². The van der Waals surface area contributed by atoms with Crippen molar-refractivity contribution in [2.45, 2.75) is 6.18 Å². The van der Waals surface area contributed by atoms with Gasteiger partial charge in [0.2, 0.25) is 0 Å². The molecule has 0 bridgehead atoms. The topological polar surface area (TPSA) is 105 Å². The third kappa shape index (κ3) is 4.73. The van der Waals surface area contributed by atoms with Gasteiger partial charge in [-0.2, -0.15) is 23.3 Å². The van der Waals surface area contributed by atoms with Crippen LogP contribution in [0.4, 0.5) is 13.2 Å². The monoisotopic (exact) mass is 498 g/mol. The van der Waals surface area contributed by atoms with Gasteiger partial charge in [-0.1, -0.05) is 30.3 Å². The Morgan fingerprint density at radius 3 is 2.22 bits per heavy atom. The van der Waals surface area contributed by atoms with Crippen molar-refractivity contribution in [1.82, 2.24) is 19.7 Å². The minimum atomic E-state index is -4.71. The highest BCUT2D eigenvalue weighted by Gasteiger charge is 2.34. The molecule has 0 aliphatic rings. The molecule has 0 radical (unpaired) electrons. The third-order valence-electron chi connectivity index (χ3n) is 4.92. The summed E-state index contributed by atoms with van der Waals surface area (Å²) in [6, 6.07) is 14.7. The fourth-order valence-electron chi connectivity index (χ4n) is 3.34. The normalized spacial score (nSPS) is 11.1. The first-order chi connectivity index (χ1) is 17.2. The summed E-state index contributed by atoms with van der Waals surface area (Å²) in [5, 5.41) is 4.46. The Kier molecular flexibility index (Phi) is 6.68. The van der Waals surface area contributed by atoms with Crippen molar-refractivity contribution in [3.05, 3.63) is 83.8 Å². The number of nitrogens with zero attached hydrogens (tertiary/aromatic N) is 4. The van der Waals surface area contributed by atoms with Crippen LogP contribution >= 0.6 is 0 Å². The quantitative estimate of drug-likeness (QED) is 0.352. The number of halogens is 3. The summed E-state index contributed by atoms with van der Waals surface area (Å²) in [6.45, 7) is 0. The number of hydrogen-bond donors (Lipinski definition) is 0. The molecule has 36 heavy (non-hydrogen) atoms. The van der Waals surface area contributed by atoms with Crippen molar-refractivity contribution < 1.29 is 37.0 Å². The molecule has 9 nitrogen and oxygen atoms in total. The average Bonchev–Trinajstić information content (AvgIpc) is 3.29. The molecule has 0 unspecified atom stereocenters. The van der Waals surface area contributed by atoms with Gasteiger partial charge in [-0.15, -0.1) is 0 Å². The van der Waals surface area contributed by atoms with Crippen LogP contribution in [-0.4, -0.2) is 45.9 Å². The van der Waals surface area contributed by atoms with Crippen LogP contribution < -0.4 is 4.74 Å². The van der Waals surface area contributed by atoms with Gasteiger partial charge in [-0.3, -0.25) is 0 Å². The Labute approximate surface area is 202 Å². The minimum absolute atomic E-state index is 0.0175. The number of carbonyl (C=O) groups is 2. The predicted molar refractivity (Wildman–Crippen MR) is 119 cm³/mol. The van der Waals surface area contributed by atoms with Crippen molar-refractivity contribution in [1.29, 1.82) is 0 Å². The van der Waals surface area contributed by atoms with Crippen molar-refractivity contribution in [3.63, 3.8) is 0 Å². The number of esters is 2. The second kappa shape index (κ2) is 9.86. The molecule has 0 spiro atoms. The highest BCUT2D eigenvalue weighted by Crippen LogP contribution is 2.37. The number of ether oxygens (including phenoxy) is 3. The fraction of sp³-hybridized carbons (Fsp3) is 0.125. The lowest BCUT2D eigenvalue weighted by Gasteiger charge is -2.11. The molecule has 0 aliphatic carbocycles. The van der Waals surface area contributed by atoms with E-state index in [1.54, 1.807) is 42.5 Å². The molecule has 0 N–H and O–H groups in total. The minimum Gasteiger partial charge on any atom is -0.465 e. The van der Waals surface area contributed by atoms with Gasteiger partial charge in [0, 0.05) is 11.8 Å². The van der Waals surface area contributed by atoms with Crippen molar-refractivity contribution in [2.75, 3.05) is 14.2 Å². The van der Waals surface area contributed by atoms with Crippen LogP contribution in [-0.2, 0) is 15.7 Å². The molecule has 0 fully saturated rings. The second-order valence-corrected chi connectivity index (χ2v) is 7.12. The number of methoxy groups -OCH3 is 2. The lowest BCUT2D eigenvalue weighted by Crippen LogP contribution is -2.15. The Morgan fingerprint density at radius 2 is 1.56 bits per heavy atom. The largest absolute Gasteiger partial charge is 0.465 e. The summed E-state index contributed by atoms with van der Waals surface area (Å²) in [6.07, 6.45) is -3.80. The number of aromatic nitrogens is 4. The first-order valence-electron chi connectivity index (χ1n) is 10.3. The molecule has 2 aromatic heterocycles. The number of rotatable bonds is 6. The van der Waals surface area contributed by atoms with Crippen molar-refractivity contribution >= 4 is 11.9 Å². The predicted octanol–water partition coefficient (Wildman–Crippen LogP) is 4.71. The molecular formula is C24H17F3N4O5. The van der Waals surface area contributed by atoms with E-state index in [1.807, 2.05) is 0 Å². The Balaban J connectivity index is 1.92. The van der Waals surface area contributed by atoms with Crippen LogP contribution in [0.25, 0.3) is 16.9 Å². The van der Waals surface area contributed by atoms with Crippen LogP contribution in [0.3, 0.4) is 0 Å². The Morgan fingerprint density at radius 1 is 0.889 bits per heavy atom. The SMILES string of the molecule is COC(=O)c1c(-c2ccccc2Oc2nccc(C(F)(F)F)n2)nn(-c2ccccc2)c1C(=O)OC. The van der Waals surface area contributed by atoms with E-state index in [4.69, 9.17) is 14.2 Å². The van der Waals surface area contributed by atoms with Crippen LogP contribution in [0.2, 0.25) is 0 Å². The number of alkyl halides is 3. The van der Waals surface area contributed by atoms with Crippen LogP contribution in [0, 0.1) is 0 Å². The van der Waals surface area contributed by atoms with Gasteiger partial charge in [-0.25, -0.2) is 19.3 Å². The molecule has 12 heteroatoms. The summed E-state index contributed by atoms with van der Waals surface area (Å²) in [4.78, 5) is 32.8. The van der Waals surface area contributed by atoms with Crippen LogP contribution in [0.1, 0.15) is 26.5 Å². The maximum Gasteiger partial charge on any atom is 0.433 e. The molecule has 0 saturated heterocycles. The Hall–Kier alpha value is -4.74. The zero-order valence-electron chi connectivity index (χ0n) is 18.8. The van der Waals surface area contributed by atoms with Gasteiger partial charge >= 0.3 is 24.1 Å². The van der Waals surface area contributed by atoms with Gasteiger partial charge < -0.3 is 14.2 Å². The maximum atomic E-state index is 13.1. The summed E-state index contributed by atoms with van der Waals surface area (Å²) in [5.74, 6) is -1.77. The molecule has 2 aromatic carbocycles. The molecule has 0 aliphatic heterocycles. The fourth-order valence-corrected chi connectivity index (χ4v) is 3.34. The highest BCUT2D eigenvalue weighted by molar-refractivity contribution is 6.07. The van der Waals surface area contributed by atoms with Crippen LogP contribution in [0.5, 0.6) is 11.8 Å². The third-order valence-corrected chi connectivity index (χ3v) is 4.92. The molecule has 4 rings (SSSR count). The zero-order chi connectivity index (χ0) is 25.9. The average molecular weight is 498 g/mol. The molecule has 4 aromatic rings. The van der Waals surface area contributed by atoms with Gasteiger partial charge in [0.25, 0.3) is 0 Å². The maximum absolute atomic E-state index is 13.1. The van der Waals surface area contributed by atoms with Gasteiger partial charge in [-0.05, 0) is 30.3 Å². The van der Waals surface area contributed by atoms with Gasteiger partial charge in [0.1, 0.15) is 17.0 Å². The first-order valence-corrected chi connectivity index (χ1v) is 10.3. The van der Waals surface area contributed by atoms with E-state index >= 15 is 0 Å². The van der Waals surface area contributed by atoms with E-state index in [9.17, 15) is 22.8 Å². The molecular weight excluding hydrogens is 481 g/mol. The zero-order valence-corrected chi connectivity index (χ0v) is 18.8. The summed E-state index contributed by atoms with van der Waals surface area (Å²) < 4.78 is 55.9. The van der Waals surface area contributed by atoms with E-state index in [0.717, 1.165) is 20.4 Å². The smallest absolute Gasteiger partial charge is 0.433 e. The lowest BCUT2D eigenvalue weighted by molar-refractivity contribution is -0.141. The van der Waals surface area contributed by atoms with E-state index in [0.29, 0.717) is 11.8 Å². The Bertz CT molecular complexity index is 1420. The molecule has 184 valence electrons. The van der Waals surface area contributed by atoms with Crippen LogP contribution in [0.15, 0.2) is 66.9 Å². The van der Waals surface area contributed by atoms with E-state index in [-0.39, 0.29) is 28.3 Å².